The minimum Gasteiger partial charge on any atom is -0.494 e. The molecule has 0 heterocycles. The summed E-state index contributed by atoms with van der Waals surface area (Å²) in [4.78, 5) is 12.0. The maximum absolute atomic E-state index is 12.0. The summed E-state index contributed by atoms with van der Waals surface area (Å²) >= 11 is 0. The molecule has 0 aliphatic heterocycles. The van der Waals surface area contributed by atoms with Gasteiger partial charge in [-0.15, -0.1) is 0 Å². The number of nitrogens with zero attached hydrogens (tertiary/aromatic N) is 1. The fourth-order valence-corrected chi connectivity index (χ4v) is 2.31. The Morgan fingerprint density at radius 3 is 2.46 bits per heavy atom. The van der Waals surface area contributed by atoms with Crippen LogP contribution in [0.5, 0.6) is 11.5 Å². The number of anilines is 1. The van der Waals surface area contributed by atoms with Crippen molar-refractivity contribution in [3.63, 3.8) is 0 Å². The van der Waals surface area contributed by atoms with Crippen molar-refractivity contribution in [1.82, 2.24) is 5.43 Å². The van der Waals surface area contributed by atoms with E-state index in [1.54, 1.807) is 0 Å². The molecule has 0 atom stereocenters. The van der Waals surface area contributed by atoms with E-state index in [2.05, 4.69) is 15.8 Å². The Bertz CT molecular complexity index is 745. The van der Waals surface area contributed by atoms with Gasteiger partial charge in [0.15, 0.2) is 0 Å². The molecule has 0 aromatic heterocycles. The summed E-state index contributed by atoms with van der Waals surface area (Å²) in [5, 5.41) is 7.23. The van der Waals surface area contributed by atoms with Crippen molar-refractivity contribution in [1.29, 1.82) is 0 Å². The predicted molar refractivity (Wildman–Crippen MR) is 104 cm³/mol. The lowest BCUT2D eigenvalue weighted by molar-refractivity contribution is -0.119. The average molecular weight is 355 g/mol. The van der Waals surface area contributed by atoms with Crippen LogP contribution in [0.1, 0.15) is 26.3 Å². The largest absolute Gasteiger partial charge is 0.494 e. The molecule has 0 aliphatic carbocycles. The summed E-state index contributed by atoms with van der Waals surface area (Å²) in [5.41, 5.74) is 4.87. The molecule has 0 radical (unpaired) electrons. The van der Waals surface area contributed by atoms with E-state index < -0.39 is 0 Å². The second-order valence-corrected chi connectivity index (χ2v) is 5.48. The first-order chi connectivity index (χ1) is 12.6. The summed E-state index contributed by atoms with van der Waals surface area (Å²) in [6, 6.07) is 15.1. The number of carbonyl (C=O) groups excluding carboxylic acids is 1. The molecule has 0 spiro atoms. The van der Waals surface area contributed by atoms with Gasteiger partial charge >= 0.3 is 0 Å². The number of carbonyl (C=O) groups is 1. The summed E-state index contributed by atoms with van der Waals surface area (Å²) < 4.78 is 11.2. The molecule has 0 saturated heterocycles. The molecule has 0 fully saturated rings. The number of amides is 1. The molecular formula is C20H25N3O3. The van der Waals surface area contributed by atoms with Gasteiger partial charge in [0.2, 0.25) is 0 Å². The van der Waals surface area contributed by atoms with Crippen molar-refractivity contribution < 1.29 is 14.3 Å². The lowest BCUT2D eigenvalue weighted by atomic mass is 10.1. The van der Waals surface area contributed by atoms with Crippen molar-refractivity contribution in [2.24, 2.45) is 5.10 Å². The lowest BCUT2D eigenvalue weighted by Crippen LogP contribution is -2.26. The molecule has 6 nitrogen and oxygen atoms in total. The second kappa shape index (κ2) is 10.1. The van der Waals surface area contributed by atoms with Crippen LogP contribution >= 0.6 is 0 Å². The van der Waals surface area contributed by atoms with Crippen molar-refractivity contribution in [2.75, 3.05) is 25.1 Å². The van der Waals surface area contributed by atoms with Crippen LogP contribution in [-0.2, 0) is 4.79 Å². The first kappa shape index (κ1) is 19.3. The van der Waals surface area contributed by atoms with Crippen LogP contribution in [0.25, 0.3) is 0 Å². The van der Waals surface area contributed by atoms with Crippen LogP contribution in [-0.4, -0.2) is 31.4 Å². The van der Waals surface area contributed by atoms with E-state index in [1.807, 2.05) is 69.3 Å². The highest BCUT2D eigenvalue weighted by Gasteiger charge is 2.10. The minimum atomic E-state index is -0.230. The third kappa shape index (κ3) is 5.81. The molecular weight excluding hydrogens is 330 g/mol. The van der Waals surface area contributed by atoms with Crippen LogP contribution in [0.15, 0.2) is 53.6 Å². The van der Waals surface area contributed by atoms with Crippen molar-refractivity contribution in [2.45, 2.75) is 20.8 Å². The van der Waals surface area contributed by atoms with Crippen LogP contribution in [0.3, 0.4) is 0 Å². The van der Waals surface area contributed by atoms with Gasteiger partial charge in [-0.1, -0.05) is 18.2 Å². The molecule has 0 bridgehead atoms. The molecule has 0 unspecified atom stereocenters. The van der Waals surface area contributed by atoms with Gasteiger partial charge in [-0.2, -0.15) is 5.10 Å². The van der Waals surface area contributed by atoms with Crippen LogP contribution < -0.4 is 20.2 Å². The predicted octanol–water partition coefficient (Wildman–Crippen LogP) is 3.44. The molecule has 2 aromatic rings. The van der Waals surface area contributed by atoms with Gasteiger partial charge in [-0.25, -0.2) is 5.43 Å². The maximum atomic E-state index is 12.0. The summed E-state index contributed by atoms with van der Waals surface area (Å²) in [7, 11) is 0. The topological polar surface area (TPSA) is 72.0 Å². The van der Waals surface area contributed by atoms with E-state index in [0.717, 1.165) is 17.0 Å². The molecule has 0 aliphatic rings. The number of nitrogens with one attached hydrogen (secondary N) is 2. The Hall–Kier alpha value is -3.02. The van der Waals surface area contributed by atoms with Crippen LogP contribution in [0, 0.1) is 0 Å². The maximum Gasteiger partial charge on any atom is 0.259 e. The Balaban J connectivity index is 2.02. The molecule has 1 amide bonds. The first-order valence-corrected chi connectivity index (χ1v) is 8.66. The lowest BCUT2D eigenvalue weighted by Gasteiger charge is -2.12. The van der Waals surface area contributed by atoms with Gasteiger partial charge in [0.05, 0.1) is 25.5 Å². The Kier molecular flexibility index (Phi) is 7.49. The van der Waals surface area contributed by atoms with Gasteiger partial charge in [0.25, 0.3) is 5.91 Å². The van der Waals surface area contributed by atoms with Crippen molar-refractivity contribution >= 4 is 17.3 Å². The minimum absolute atomic E-state index is 0.137. The zero-order valence-electron chi connectivity index (χ0n) is 15.4. The van der Waals surface area contributed by atoms with E-state index in [1.165, 1.54) is 0 Å². The molecule has 26 heavy (non-hydrogen) atoms. The molecule has 2 rings (SSSR count). The molecule has 6 heteroatoms. The number of hydrogen-bond donors (Lipinski definition) is 2. The van der Waals surface area contributed by atoms with Crippen LogP contribution in [0.4, 0.5) is 5.69 Å². The number of hydrazone groups is 1. The Morgan fingerprint density at radius 1 is 1.04 bits per heavy atom. The normalized spacial score (nSPS) is 11.0. The van der Waals surface area contributed by atoms with E-state index in [4.69, 9.17) is 9.47 Å². The quantitative estimate of drug-likeness (QED) is 0.534. The SMILES string of the molecule is CCOc1ccc(OCC)c(/C(C)=N\NC(=O)CNc2ccccc2)c1. The van der Waals surface area contributed by atoms with Crippen molar-refractivity contribution in [3.8, 4) is 11.5 Å². The Morgan fingerprint density at radius 2 is 1.77 bits per heavy atom. The zero-order chi connectivity index (χ0) is 18.8. The third-order valence-electron chi connectivity index (χ3n) is 3.53. The number of benzene rings is 2. The monoisotopic (exact) mass is 355 g/mol. The molecule has 2 aromatic carbocycles. The van der Waals surface area contributed by atoms with E-state index in [9.17, 15) is 4.79 Å². The molecule has 2 N–H and O–H groups in total. The van der Waals surface area contributed by atoms with Gasteiger partial charge in [0, 0.05) is 11.3 Å². The smallest absolute Gasteiger partial charge is 0.259 e. The summed E-state index contributed by atoms with van der Waals surface area (Å²) in [6.07, 6.45) is 0. The summed E-state index contributed by atoms with van der Waals surface area (Å²) in [5.74, 6) is 1.21. The first-order valence-electron chi connectivity index (χ1n) is 8.66. The fourth-order valence-electron chi connectivity index (χ4n) is 2.31. The van der Waals surface area contributed by atoms with Crippen molar-refractivity contribution in [3.05, 3.63) is 54.1 Å². The Labute approximate surface area is 154 Å². The number of ether oxygens (including phenoxy) is 2. The number of para-hydroxylation sites is 1. The van der Waals surface area contributed by atoms with Crippen LogP contribution in [0.2, 0.25) is 0 Å². The highest BCUT2D eigenvalue weighted by molar-refractivity contribution is 6.02. The number of rotatable bonds is 9. The van der Waals surface area contributed by atoms with Gasteiger partial charge in [-0.05, 0) is 51.1 Å². The second-order valence-electron chi connectivity index (χ2n) is 5.48. The number of hydrogen-bond acceptors (Lipinski definition) is 5. The average Bonchev–Trinajstić information content (AvgIpc) is 2.67. The molecule has 138 valence electrons. The summed E-state index contributed by atoms with van der Waals surface area (Å²) in [6.45, 7) is 6.92. The molecule has 0 saturated carbocycles. The fraction of sp³-hybridized carbons (Fsp3) is 0.300. The van der Waals surface area contributed by atoms with Gasteiger partial charge < -0.3 is 14.8 Å². The van der Waals surface area contributed by atoms with Gasteiger partial charge in [0.1, 0.15) is 11.5 Å². The highest BCUT2D eigenvalue weighted by Crippen LogP contribution is 2.25. The van der Waals surface area contributed by atoms with Gasteiger partial charge in [-0.3, -0.25) is 4.79 Å². The standard InChI is InChI=1S/C20H25N3O3/c1-4-25-17-11-12-19(26-5-2)18(13-17)15(3)22-23-20(24)14-21-16-9-7-6-8-10-16/h6-13,21H,4-5,14H2,1-3H3,(H,23,24)/b22-15-. The zero-order valence-corrected chi connectivity index (χ0v) is 15.4. The third-order valence-corrected chi connectivity index (χ3v) is 3.53. The van der Waals surface area contributed by atoms with E-state index in [-0.39, 0.29) is 12.5 Å². The highest BCUT2D eigenvalue weighted by atomic mass is 16.5. The van der Waals surface area contributed by atoms with E-state index in [0.29, 0.717) is 24.7 Å². The van der Waals surface area contributed by atoms with E-state index >= 15 is 0 Å².